The van der Waals surface area contributed by atoms with Crippen molar-refractivity contribution in [3.8, 4) is 11.3 Å². The van der Waals surface area contributed by atoms with Crippen LogP contribution in [0.3, 0.4) is 0 Å². The Bertz CT molecular complexity index is 1320. The van der Waals surface area contributed by atoms with Crippen molar-refractivity contribution in [2.24, 2.45) is 0 Å². The van der Waals surface area contributed by atoms with E-state index in [0.717, 1.165) is 49.5 Å². The van der Waals surface area contributed by atoms with Gasteiger partial charge in [0, 0.05) is 41.6 Å². The van der Waals surface area contributed by atoms with Crippen LogP contribution in [0.25, 0.3) is 33.2 Å². The summed E-state index contributed by atoms with van der Waals surface area (Å²) in [5, 5.41) is 9.76. The second-order valence-electron chi connectivity index (χ2n) is 7.10. The molecule has 0 saturated carbocycles. The number of alkyl halides is 3. The number of benzene rings is 2. The molecule has 2 aromatic heterocycles. The number of fused-ring (bicyclic) bond motifs is 2. The van der Waals surface area contributed by atoms with Gasteiger partial charge in [0.15, 0.2) is 0 Å². The van der Waals surface area contributed by atoms with E-state index in [1.54, 1.807) is 0 Å². The zero-order chi connectivity index (χ0) is 23.5. The summed E-state index contributed by atoms with van der Waals surface area (Å²) in [6, 6.07) is 10.8. The van der Waals surface area contributed by atoms with Crippen LogP contribution in [-0.2, 0) is 17.5 Å². The number of halogens is 3. The molecule has 0 spiro atoms. The highest BCUT2D eigenvalue weighted by Crippen LogP contribution is 2.32. The summed E-state index contributed by atoms with van der Waals surface area (Å²) in [5.41, 5.74) is 4.69. The minimum Gasteiger partial charge on any atom is -0.550 e. The average Bonchev–Trinajstić information content (AvgIpc) is 3.09. The maximum Gasteiger partial charge on any atom is 0.416 e. The Morgan fingerprint density at radius 2 is 1.91 bits per heavy atom. The largest absolute Gasteiger partial charge is 0.550 e. The lowest BCUT2D eigenvalue weighted by Crippen LogP contribution is -2.50. The summed E-state index contributed by atoms with van der Waals surface area (Å²) in [4.78, 5) is 28.5. The maximum absolute atomic E-state index is 12.9. The standard InChI is InChI=1S/C20H17F3N4O.C2H4O2/c21-20(22,23)12-6-7-15-16(10-12)26-19(28)18(25-15)14-11-27(9-3-8-24)17-5-2-1-4-13(14)17;1-2(3)4/h1-2,4-7,10-11H,3,8-9,24H2,(H,26,28);1H3,(H,3,4). The fourth-order valence-corrected chi connectivity index (χ4v) is 3.35. The van der Waals surface area contributed by atoms with Crippen molar-refractivity contribution in [1.82, 2.24) is 14.5 Å². The van der Waals surface area contributed by atoms with Gasteiger partial charge in [-0.25, -0.2) is 4.98 Å². The van der Waals surface area contributed by atoms with Crippen LogP contribution < -0.4 is 16.4 Å². The van der Waals surface area contributed by atoms with Crippen molar-refractivity contribution < 1.29 is 28.8 Å². The van der Waals surface area contributed by atoms with Crippen molar-refractivity contribution in [2.75, 3.05) is 6.54 Å². The number of aliphatic carboxylic acids is 1. The molecule has 0 saturated heterocycles. The number of nitrogens with zero attached hydrogens (tertiary/aromatic N) is 2. The molecule has 4 rings (SSSR count). The Balaban J connectivity index is 0.000000668. The molecule has 0 aliphatic carbocycles. The Hall–Kier alpha value is -3.66. The van der Waals surface area contributed by atoms with Crippen LogP contribution in [0.1, 0.15) is 18.9 Å². The monoisotopic (exact) mass is 446 g/mol. The van der Waals surface area contributed by atoms with Crippen molar-refractivity contribution in [1.29, 1.82) is 0 Å². The molecule has 168 valence electrons. The molecule has 0 atom stereocenters. The first kappa shape index (κ1) is 23.0. The van der Waals surface area contributed by atoms with Crippen LogP contribution >= 0.6 is 0 Å². The molecule has 7 nitrogen and oxygen atoms in total. The number of carboxylic acids is 1. The molecule has 4 aromatic rings. The van der Waals surface area contributed by atoms with E-state index >= 15 is 0 Å². The SMILES string of the molecule is CC(=O)[O-].[NH3+]CCCn1cc(-c2nc3ccc(C(F)(F)F)cc3[nH]c2=O)c2ccccc21. The second kappa shape index (κ2) is 9.23. The fourth-order valence-electron chi connectivity index (χ4n) is 3.35. The Morgan fingerprint density at radius 3 is 2.56 bits per heavy atom. The maximum atomic E-state index is 12.9. The number of nitrogens with one attached hydrogen (secondary N) is 1. The summed E-state index contributed by atoms with van der Waals surface area (Å²) in [6.07, 6.45) is -1.72. The van der Waals surface area contributed by atoms with Crippen LogP contribution in [0.2, 0.25) is 0 Å². The first-order valence-corrected chi connectivity index (χ1v) is 9.78. The normalized spacial score (nSPS) is 11.4. The number of rotatable bonds is 4. The van der Waals surface area contributed by atoms with E-state index < -0.39 is 23.3 Å². The molecule has 32 heavy (non-hydrogen) atoms. The highest BCUT2D eigenvalue weighted by molar-refractivity contribution is 5.95. The van der Waals surface area contributed by atoms with Crippen molar-refractivity contribution in [2.45, 2.75) is 26.1 Å². The van der Waals surface area contributed by atoms with Gasteiger partial charge in [-0.3, -0.25) is 4.79 Å². The number of hydrogen-bond acceptors (Lipinski definition) is 4. The van der Waals surface area contributed by atoms with E-state index in [0.29, 0.717) is 11.1 Å². The molecular weight excluding hydrogens is 425 g/mol. The molecule has 10 heteroatoms. The molecule has 0 radical (unpaired) electrons. The number of carboxylic acid groups (broad SMARTS) is 1. The summed E-state index contributed by atoms with van der Waals surface area (Å²) < 4.78 is 40.8. The van der Waals surface area contributed by atoms with Gasteiger partial charge in [0.2, 0.25) is 0 Å². The number of aromatic amines is 1. The lowest BCUT2D eigenvalue weighted by Gasteiger charge is -2.08. The molecule has 4 N–H and O–H groups in total. The lowest BCUT2D eigenvalue weighted by atomic mass is 10.1. The zero-order valence-electron chi connectivity index (χ0n) is 17.2. The van der Waals surface area contributed by atoms with E-state index in [-0.39, 0.29) is 11.2 Å². The van der Waals surface area contributed by atoms with Gasteiger partial charge in [-0.1, -0.05) is 18.2 Å². The van der Waals surface area contributed by atoms with Gasteiger partial charge in [-0.05, 0) is 31.2 Å². The van der Waals surface area contributed by atoms with Gasteiger partial charge < -0.3 is 25.2 Å². The minimum absolute atomic E-state index is 0.0596. The first-order chi connectivity index (χ1) is 15.1. The minimum atomic E-state index is -4.48. The number of hydrogen-bond donors (Lipinski definition) is 2. The van der Waals surface area contributed by atoms with Gasteiger partial charge in [0.1, 0.15) is 5.69 Å². The lowest BCUT2D eigenvalue weighted by molar-refractivity contribution is -0.368. The van der Waals surface area contributed by atoms with E-state index in [2.05, 4.69) is 15.7 Å². The Labute approximate surface area is 180 Å². The van der Waals surface area contributed by atoms with Crippen molar-refractivity contribution in [3.63, 3.8) is 0 Å². The number of carbonyl (C=O) groups excluding carboxylic acids is 1. The number of carbonyl (C=O) groups is 1. The molecule has 0 fully saturated rings. The van der Waals surface area contributed by atoms with E-state index in [4.69, 9.17) is 9.90 Å². The predicted octanol–water partition coefficient (Wildman–Crippen LogP) is 1.95. The topological polar surface area (TPSA) is 118 Å². The third-order valence-corrected chi connectivity index (χ3v) is 4.71. The Kier molecular flexibility index (Phi) is 6.64. The molecular formula is C22H21F3N4O3. The summed E-state index contributed by atoms with van der Waals surface area (Å²) >= 11 is 0. The summed E-state index contributed by atoms with van der Waals surface area (Å²) in [5.74, 6) is -1.08. The molecule has 0 aliphatic heterocycles. The number of aryl methyl sites for hydroxylation is 1. The highest BCUT2D eigenvalue weighted by Gasteiger charge is 2.30. The van der Waals surface area contributed by atoms with E-state index in [9.17, 15) is 18.0 Å². The fraction of sp³-hybridized carbons (Fsp3) is 0.227. The number of H-pyrrole nitrogens is 1. The number of aromatic nitrogens is 3. The van der Waals surface area contributed by atoms with Gasteiger partial charge in [-0.15, -0.1) is 0 Å². The molecule has 2 heterocycles. The van der Waals surface area contributed by atoms with Gasteiger partial charge in [0.25, 0.3) is 5.56 Å². The van der Waals surface area contributed by atoms with Crippen molar-refractivity contribution in [3.05, 3.63) is 64.6 Å². The predicted molar refractivity (Wildman–Crippen MR) is 111 cm³/mol. The van der Waals surface area contributed by atoms with Crippen LogP contribution in [0.4, 0.5) is 13.2 Å². The molecule has 0 unspecified atom stereocenters. The average molecular weight is 446 g/mol. The quantitative estimate of drug-likeness (QED) is 0.498. The van der Waals surface area contributed by atoms with Gasteiger partial charge in [0.05, 0.1) is 23.1 Å². The van der Waals surface area contributed by atoms with Crippen LogP contribution in [0, 0.1) is 0 Å². The number of para-hydroxylation sites is 1. The van der Waals surface area contributed by atoms with E-state index in [1.807, 2.05) is 35.0 Å². The third-order valence-electron chi connectivity index (χ3n) is 4.71. The van der Waals surface area contributed by atoms with Crippen LogP contribution in [0.5, 0.6) is 0 Å². The van der Waals surface area contributed by atoms with Crippen molar-refractivity contribution >= 4 is 27.9 Å². The first-order valence-electron chi connectivity index (χ1n) is 9.78. The summed E-state index contributed by atoms with van der Waals surface area (Å²) in [6.45, 7) is 2.52. The highest BCUT2D eigenvalue weighted by atomic mass is 19.4. The molecule has 0 aliphatic rings. The van der Waals surface area contributed by atoms with Crippen LogP contribution in [0.15, 0.2) is 53.5 Å². The zero-order valence-corrected chi connectivity index (χ0v) is 17.2. The Morgan fingerprint density at radius 1 is 1.22 bits per heavy atom. The second-order valence-corrected chi connectivity index (χ2v) is 7.10. The van der Waals surface area contributed by atoms with E-state index in [1.165, 1.54) is 6.07 Å². The van der Waals surface area contributed by atoms with Gasteiger partial charge in [-0.2, -0.15) is 13.2 Å². The molecule has 2 aromatic carbocycles. The summed E-state index contributed by atoms with van der Waals surface area (Å²) in [7, 11) is 0. The number of quaternary nitrogens is 1. The van der Waals surface area contributed by atoms with Gasteiger partial charge >= 0.3 is 6.18 Å². The molecule has 0 bridgehead atoms. The smallest absolute Gasteiger partial charge is 0.416 e. The third kappa shape index (κ3) is 4.97. The molecule has 0 amide bonds. The van der Waals surface area contributed by atoms with Crippen LogP contribution in [-0.4, -0.2) is 27.0 Å².